The van der Waals surface area contributed by atoms with Crippen LogP contribution in [-0.4, -0.2) is 60.4 Å². The van der Waals surface area contributed by atoms with E-state index in [0.29, 0.717) is 6.42 Å². The number of imidazole rings is 1. The van der Waals surface area contributed by atoms with Gasteiger partial charge in [0.1, 0.15) is 6.04 Å². The first-order chi connectivity index (χ1) is 13.7. The van der Waals surface area contributed by atoms with Crippen LogP contribution in [0.5, 0.6) is 0 Å². The highest BCUT2D eigenvalue weighted by Crippen LogP contribution is 2.18. The first-order valence-electron chi connectivity index (χ1n) is 8.50. The summed E-state index contributed by atoms with van der Waals surface area (Å²) >= 11 is 0. The molecule has 2 aromatic heterocycles. The Balaban J connectivity index is 2.09. The summed E-state index contributed by atoms with van der Waals surface area (Å²) in [4.78, 5) is 45.4. The van der Waals surface area contributed by atoms with E-state index in [4.69, 9.17) is 21.1 Å². The van der Waals surface area contributed by atoms with Crippen LogP contribution in [0.25, 0.3) is 0 Å². The molecule has 0 bridgehead atoms. The Morgan fingerprint density at radius 2 is 2.07 bits per heavy atom. The molecule has 0 aliphatic rings. The first kappa shape index (κ1) is 21.8. The largest absolute Gasteiger partial charge is 0.480 e. The number of aliphatic carboxylic acids is 1. The summed E-state index contributed by atoms with van der Waals surface area (Å²) in [6.45, 7) is 1.20. The van der Waals surface area contributed by atoms with Crippen molar-refractivity contribution in [3.8, 4) is 0 Å². The maximum atomic E-state index is 12.1. The molecule has 2 aromatic rings. The van der Waals surface area contributed by atoms with Crippen molar-refractivity contribution in [1.82, 2.24) is 30.7 Å². The lowest BCUT2D eigenvalue weighted by Gasteiger charge is -2.19. The van der Waals surface area contributed by atoms with Gasteiger partial charge in [0.25, 0.3) is 0 Å². The third kappa shape index (κ3) is 6.25. The SMILES string of the molecule is CC(O)C(NC(=O)N[C@@H](CC(N)=O)c1nc([C@@H](N)Cc2cnc[nH]2)no1)C(=O)O. The number of carboxylic acids is 1. The predicted octanol–water partition coefficient (Wildman–Crippen LogP) is -1.92. The Labute approximate surface area is 164 Å². The molecule has 2 rings (SSSR count). The van der Waals surface area contributed by atoms with Gasteiger partial charge in [-0.05, 0) is 6.92 Å². The van der Waals surface area contributed by atoms with Crippen LogP contribution in [0.4, 0.5) is 4.79 Å². The molecular formula is C15H22N8O6. The Morgan fingerprint density at radius 3 is 2.62 bits per heavy atom. The van der Waals surface area contributed by atoms with Gasteiger partial charge in [-0.25, -0.2) is 14.6 Å². The van der Waals surface area contributed by atoms with Crippen molar-refractivity contribution in [3.05, 3.63) is 29.9 Å². The molecule has 2 unspecified atom stereocenters. The van der Waals surface area contributed by atoms with Crippen LogP contribution >= 0.6 is 0 Å². The number of aliphatic hydroxyl groups is 1. The van der Waals surface area contributed by atoms with Crippen molar-refractivity contribution in [2.75, 3.05) is 0 Å². The van der Waals surface area contributed by atoms with Gasteiger partial charge in [-0.1, -0.05) is 5.16 Å². The highest BCUT2D eigenvalue weighted by Gasteiger charge is 2.29. The van der Waals surface area contributed by atoms with Crippen LogP contribution in [0.3, 0.4) is 0 Å². The number of aliphatic hydroxyl groups excluding tert-OH is 1. The lowest BCUT2D eigenvalue weighted by atomic mass is 10.1. The van der Waals surface area contributed by atoms with Gasteiger partial charge >= 0.3 is 12.0 Å². The number of urea groups is 1. The zero-order valence-electron chi connectivity index (χ0n) is 15.4. The maximum Gasteiger partial charge on any atom is 0.328 e. The monoisotopic (exact) mass is 410 g/mol. The minimum Gasteiger partial charge on any atom is -0.480 e. The van der Waals surface area contributed by atoms with E-state index in [0.717, 1.165) is 5.69 Å². The van der Waals surface area contributed by atoms with Crippen molar-refractivity contribution in [3.63, 3.8) is 0 Å². The number of amides is 3. The molecule has 158 valence electrons. The van der Waals surface area contributed by atoms with E-state index in [9.17, 15) is 19.5 Å². The predicted molar refractivity (Wildman–Crippen MR) is 94.8 cm³/mol. The summed E-state index contributed by atoms with van der Waals surface area (Å²) in [5.41, 5.74) is 12.0. The van der Waals surface area contributed by atoms with Gasteiger partial charge in [-0.3, -0.25) is 4.79 Å². The number of nitrogens with one attached hydrogen (secondary N) is 3. The van der Waals surface area contributed by atoms with Crippen molar-refractivity contribution < 1.29 is 29.1 Å². The summed E-state index contributed by atoms with van der Waals surface area (Å²) in [6, 6.07) is -4.32. The molecule has 0 aromatic carbocycles. The molecule has 0 saturated carbocycles. The molecule has 2 heterocycles. The molecule has 14 heteroatoms. The van der Waals surface area contributed by atoms with Crippen LogP contribution in [0.1, 0.15) is 42.8 Å². The fourth-order valence-electron chi connectivity index (χ4n) is 2.40. The van der Waals surface area contributed by atoms with E-state index in [1.165, 1.54) is 13.3 Å². The molecular weight excluding hydrogens is 388 g/mol. The van der Waals surface area contributed by atoms with Crippen LogP contribution < -0.4 is 22.1 Å². The Hall–Kier alpha value is -3.52. The van der Waals surface area contributed by atoms with E-state index in [-0.39, 0.29) is 11.7 Å². The van der Waals surface area contributed by atoms with Crippen molar-refractivity contribution >= 4 is 17.9 Å². The van der Waals surface area contributed by atoms with Gasteiger partial charge < -0.3 is 41.8 Å². The topological polar surface area (TPSA) is 235 Å². The van der Waals surface area contributed by atoms with E-state index >= 15 is 0 Å². The number of carbonyl (C=O) groups is 3. The number of primary amides is 1. The van der Waals surface area contributed by atoms with Crippen molar-refractivity contribution in [1.29, 1.82) is 0 Å². The normalized spacial score (nSPS) is 15.1. The van der Waals surface area contributed by atoms with E-state index in [1.807, 2.05) is 0 Å². The number of nitrogens with two attached hydrogens (primary N) is 2. The lowest BCUT2D eigenvalue weighted by molar-refractivity contribution is -0.141. The van der Waals surface area contributed by atoms with Crippen LogP contribution in [0.2, 0.25) is 0 Å². The highest BCUT2D eigenvalue weighted by molar-refractivity contribution is 5.83. The van der Waals surface area contributed by atoms with Crippen LogP contribution in [0, 0.1) is 0 Å². The zero-order valence-corrected chi connectivity index (χ0v) is 15.4. The Bertz CT molecular complexity index is 836. The molecule has 3 amide bonds. The number of nitrogens with zero attached hydrogens (tertiary/aromatic N) is 3. The second-order valence-electron chi connectivity index (χ2n) is 6.28. The quantitative estimate of drug-likeness (QED) is 0.229. The third-order valence-electron chi connectivity index (χ3n) is 3.83. The molecule has 0 aliphatic heterocycles. The summed E-state index contributed by atoms with van der Waals surface area (Å²) < 4.78 is 5.09. The molecule has 0 radical (unpaired) electrons. The fraction of sp³-hybridized carbons (Fsp3) is 0.467. The minimum absolute atomic E-state index is 0.124. The van der Waals surface area contributed by atoms with Gasteiger partial charge in [0.15, 0.2) is 11.9 Å². The molecule has 0 saturated heterocycles. The molecule has 0 fully saturated rings. The average molecular weight is 410 g/mol. The van der Waals surface area contributed by atoms with E-state index in [2.05, 4.69) is 30.7 Å². The number of rotatable bonds is 10. The van der Waals surface area contributed by atoms with E-state index < -0.39 is 48.6 Å². The molecule has 29 heavy (non-hydrogen) atoms. The Morgan fingerprint density at radius 1 is 1.34 bits per heavy atom. The van der Waals surface area contributed by atoms with Crippen LogP contribution in [-0.2, 0) is 16.0 Å². The molecule has 0 spiro atoms. The highest BCUT2D eigenvalue weighted by atomic mass is 16.5. The van der Waals surface area contributed by atoms with Gasteiger partial charge in [0.05, 0.1) is 24.9 Å². The summed E-state index contributed by atoms with van der Waals surface area (Å²) in [5.74, 6) is -2.23. The second kappa shape index (κ2) is 9.61. The Kier molecular flexibility index (Phi) is 7.21. The number of carboxylic acid groups (broad SMARTS) is 1. The molecule has 14 nitrogen and oxygen atoms in total. The second-order valence-corrected chi connectivity index (χ2v) is 6.28. The molecule has 9 N–H and O–H groups in total. The minimum atomic E-state index is -1.56. The van der Waals surface area contributed by atoms with Crippen LogP contribution in [0.15, 0.2) is 17.0 Å². The van der Waals surface area contributed by atoms with Gasteiger partial charge in [0.2, 0.25) is 11.8 Å². The number of hydrogen-bond donors (Lipinski definition) is 7. The third-order valence-corrected chi connectivity index (χ3v) is 3.83. The first-order valence-corrected chi connectivity index (χ1v) is 8.50. The number of aromatic amines is 1. The molecule has 4 atom stereocenters. The van der Waals surface area contributed by atoms with Gasteiger partial charge in [-0.15, -0.1) is 0 Å². The summed E-state index contributed by atoms with van der Waals surface area (Å²) in [6.07, 6.45) is 1.67. The van der Waals surface area contributed by atoms with Crippen molar-refractivity contribution in [2.45, 2.75) is 44.0 Å². The molecule has 0 aliphatic carbocycles. The number of aromatic nitrogens is 4. The standard InChI is InChI=1S/C15H22N8O6/c1-6(24)11(14(26)27)21-15(28)20-9(3-10(17)25)13-22-12(23-29-13)8(16)2-7-4-18-5-19-7/h4-6,8-9,11,24H,2-3,16H2,1H3,(H2,17,25)(H,18,19)(H,26,27)(H2,20,21,28)/t6?,8-,9-,11?/m0/s1. The smallest absolute Gasteiger partial charge is 0.328 e. The fourth-order valence-corrected chi connectivity index (χ4v) is 2.40. The zero-order chi connectivity index (χ0) is 21.6. The number of carbonyl (C=O) groups excluding carboxylic acids is 2. The van der Waals surface area contributed by atoms with Gasteiger partial charge in [0, 0.05) is 18.3 Å². The lowest BCUT2D eigenvalue weighted by Crippen LogP contribution is -2.52. The summed E-state index contributed by atoms with van der Waals surface area (Å²) in [7, 11) is 0. The number of H-pyrrole nitrogens is 1. The number of hydrogen-bond acceptors (Lipinski definition) is 9. The maximum absolute atomic E-state index is 12.1. The van der Waals surface area contributed by atoms with Crippen molar-refractivity contribution in [2.24, 2.45) is 11.5 Å². The average Bonchev–Trinajstić information content (AvgIpc) is 3.29. The van der Waals surface area contributed by atoms with Gasteiger partial charge in [-0.2, -0.15) is 4.98 Å². The van der Waals surface area contributed by atoms with E-state index in [1.54, 1.807) is 6.20 Å². The summed E-state index contributed by atoms with van der Waals surface area (Å²) in [5, 5.41) is 26.6.